The lowest BCUT2D eigenvalue weighted by molar-refractivity contribution is 0.560. The first-order chi connectivity index (χ1) is 8.93. The van der Waals surface area contributed by atoms with Gasteiger partial charge in [-0.05, 0) is 48.2 Å². The van der Waals surface area contributed by atoms with Gasteiger partial charge in [-0.2, -0.15) is 0 Å². The first kappa shape index (κ1) is 12.4. The number of nitrogens with one attached hydrogen (secondary N) is 1. The zero-order chi connectivity index (χ0) is 12.2. The molecule has 0 radical (unpaired) electrons. The molecule has 1 aliphatic carbocycles. The third-order valence-corrected chi connectivity index (χ3v) is 5.36. The number of rotatable bonds is 7. The average molecular weight is 277 g/mol. The molecule has 0 amide bonds. The maximum atomic E-state index is 3.73. The highest BCUT2D eigenvalue weighted by atomic mass is 32.1. The number of thiophene rings is 2. The Kier molecular flexibility index (Phi) is 4.13. The van der Waals surface area contributed by atoms with Gasteiger partial charge in [0.25, 0.3) is 0 Å². The summed E-state index contributed by atoms with van der Waals surface area (Å²) in [6, 6.07) is 9.18. The van der Waals surface area contributed by atoms with E-state index < -0.39 is 0 Å². The molecule has 2 aromatic heterocycles. The van der Waals surface area contributed by atoms with Crippen LogP contribution in [0.1, 0.15) is 41.5 Å². The summed E-state index contributed by atoms with van der Waals surface area (Å²) in [6.45, 7) is 1.14. The van der Waals surface area contributed by atoms with E-state index in [4.69, 9.17) is 0 Å². The van der Waals surface area contributed by atoms with Gasteiger partial charge in [-0.1, -0.05) is 25.0 Å². The van der Waals surface area contributed by atoms with E-state index in [1.54, 1.807) is 0 Å². The van der Waals surface area contributed by atoms with Gasteiger partial charge in [0, 0.05) is 9.75 Å². The van der Waals surface area contributed by atoms with Gasteiger partial charge >= 0.3 is 0 Å². The second-order valence-electron chi connectivity index (χ2n) is 5.00. The van der Waals surface area contributed by atoms with Crippen LogP contribution in [0.4, 0.5) is 0 Å². The molecule has 2 heterocycles. The number of hydrogen-bond acceptors (Lipinski definition) is 3. The van der Waals surface area contributed by atoms with Crippen molar-refractivity contribution in [2.45, 2.75) is 31.7 Å². The molecule has 0 spiro atoms. The van der Waals surface area contributed by atoms with Gasteiger partial charge in [0.2, 0.25) is 0 Å². The summed E-state index contributed by atoms with van der Waals surface area (Å²) in [5.41, 5.74) is 0. The summed E-state index contributed by atoms with van der Waals surface area (Å²) in [5.74, 6) is 1.05. The first-order valence-electron chi connectivity index (χ1n) is 6.73. The van der Waals surface area contributed by atoms with Gasteiger partial charge in [-0.3, -0.25) is 0 Å². The third kappa shape index (κ3) is 3.22. The molecule has 1 nitrogen and oxygen atoms in total. The second kappa shape index (κ2) is 6.00. The summed E-state index contributed by atoms with van der Waals surface area (Å²) in [4.78, 5) is 2.87. The molecule has 1 fully saturated rings. The predicted octanol–water partition coefficient (Wildman–Crippen LogP) is 4.68. The zero-order valence-electron chi connectivity index (χ0n) is 10.5. The van der Waals surface area contributed by atoms with Gasteiger partial charge in [-0.25, -0.2) is 0 Å². The highest BCUT2D eigenvalue weighted by Crippen LogP contribution is 2.33. The Labute approximate surface area is 117 Å². The molecule has 0 saturated heterocycles. The molecule has 0 atom stereocenters. The monoisotopic (exact) mass is 277 g/mol. The van der Waals surface area contributed by atoms with Gasteiger partial charge in [0.1, 0.15) is 0 Å². The van der Waals surface area contributed by atoms with Gasteiger partial charge < -0.3 is 5.32 Å². The Morgan fingerprint density at radius 2 is 1.78 bits per heavy atom. The summed E-state index contributed by atoms with van der Waals surface area (Å²) in [6.07, 6.45) is 5.67. The van der Waals surface area contributed by atoms with Crippen LogP contribution in [-0.4, -0.2) is 6.54 Å². The quantitative estimate of drug-likeness (QED) is 0.725. The van der Waals surface area contributed by atoms with Crippen molar-refractivity contribution in [1.29, 1.82) is 0 Å². The maximum absolute atomic E-state index is 3.73. The van der Waals surface area contributed by atoms with E-state index in [-0.39, 0.29) is 0 Å². The van der Waals surface area contributed by atoms with Crippen LogP contribution >= 0.6 is 22.7 Å². The smallest absolute Gasteiger partial charge is 0.0764 e. The van der Waals surface area contributed by atoms with Crippen LogP contribution in [-0.2, 0) is 0 Å². The Balaban J connectivity index is 1.58. The fourth-order valence-corrected chi connectivity index (χ4v) is 4.01. The van der Waals surface area contributed by atoms with Crippen molar-refractivity contribution in [2.75, 3.05) is 6.54 Å². The fraction of sp³-hybridized carbons (Fsp3) is 0.467. The van der Waals surface area contributed by atoms with E-state index in [1.165, 1.54) is 35.4 Å². The highest BCUT2D eigenvalue weighted by molar-refractivity contribution is 7.11. The Bertz CT molecular complexity index is 409. The highest BCUT2D eigenvalue weighted by Gasteiger charge is 2.21. The molecule has 3 heteroatoms. The van der Waals surface area contributed by atoms with Crippen molar-refractivity contribution in [2.24, 2.45) is 5.92 Å². The van der Waals surface area contributed by atoms with Crippen molar-refractivity contribution >= 4 is 22.7 Å². The van der Waals surface area contributed by atoms with E-state index in [9.17, 15) is 0 Å². The van der Waals surface area contributed by atoms with Crippen LogP contribution in [0.5, 0.6) is 0 Å². The molecular weight excluding hydrogens is 258 g/mol. The lowest BCUT2D eigenvalue weighted by Gasteiger charge is -2.16. The predicted molar refractivity (Wildman–Crippen MR) is 80.4 cm³/mol. The van der Waals surface area contributed by atoms with Crippen LogP contribution in [0.25, 0.3) is 0 Å². The van der Waals surface area contributed by atoms with E-state index in [0.29, 0.717) is 6.04 Å². The van der Waals surface area contributed by atoms with Gasteiger partial charge in [0.15, 0.2) is 0 Å². The van der Waals surface area contributed by atoms with Gasteiger partial charge in [0.05, 0.1) is 6.04 Å². The molecular formula is C15H19NS2. The molecule has 0 bridgehead atoms. The summed E-state index contributed by atoms with van der Waals surface area (Å²) >= 11 is 3.70. The van der Waals surface area contributed by atoms with Crippen molar-refractivity contribution in [3.05, 3.63) is 44.8 Å². The van der Waals surface area contributed by atoms with E-state index in [2.05, 4.69) is 40.3 Å². The molecule has 18 heavy (non-hydrogen) atoms. The second-order valence-corrected chi connectivity index (χ2v) is 6.96. The van der Waals surface area contributed by atoms with E-state index >= 15 is 0 Å². The lowest BCUT2D eigenvalue weighted by atomic mass is 10.1. The SMILES string of the molecule is c1csc(C(NCCCC2CC2)c2cccs2)c1. The minimum atomic E-state index is 0.407. The van der Waals surface area contributed by atoms with E-state index in [0.717, 1.165) is 12.5 Å². The normalized spacial score (nSPS) is 15.4. The topological polar surface area (TPSA) is 12.0 Å². The lowest BCUT2D eigenvalue weighted by Crippen LogP contribution is -2.22. The standard InChI is InChI=1S/C15H19NS2/c1(4-12-7-8-12)9-16-15(13-5-2-10-17-13)14-6-3-11-18-14/h2-3,5-6,10-12,15-16H,1,4,7-9H2. The van der Waals surface area contributed by atoms with Crippen molar-refractivity contribution in [3.8, 4) is 0 Å². The van der Waals surface area contributed by atoms with Crippen molar-refractivity contribution < 1.29 is 0 Å². The first-order valence-corrected chi connectivity index (χ1v) is 8.49. The van der Waals surface area contributed by atoms with Crippen LogP contribution in [0, 0.1) is 5.92 Å². The third-order valence-electron chi connectivity index (χ3n) is 3.49. The molecule has 0 aromatic carbocycles. The summed E-state index contributed by atoms with van der Waals surface area (Å²) in [5, 5.41) is 8.07. The molecule has 3 rings (SSSR count). The Morgan fingerprint density at radius 1 is 1.11 bits per heavy atom. The molecule has 0 unspecified atom stereocenters. The largest absolute Gasteiger partial charge is 0.305 e. The zero-order valence-corrected chi connectivity index (χ0v) is 12.1. The summed E-state index contributed by atoms with van der Waals surface area (Å²) < 4.78 is 0. The average Bonchev–Trinajstić information content (AvgIpc) is 2.87. The molecule has 1 N–H and O–H groups in total. The van der Waals surface area contributed by atoms with Crippen LogP contribution in [0.2, 0.25) is 0 Å². The number of hydrogen-bond donors (Lipinski definition) is 1. The minimum Gasteiger partial charge on any atom is -0.305 e. The Morgan fingerprint density at radius 3 is 2.28 bits per heavy atom. The van der Waals surface area contributed by atoms with Crippen molar-refractivity contribution in [1.82, 2.24) is 5.32 Å². The minimum absolute atomic E-state index is 0.407. The van der Waals surface area contributed by atoms with Crippen molar-refractivity contribution in [3.63, 3.8) is 0 Å². The van der Waals surface area contributed by atoms with E-state index in [1.807, 2.05) is 22.7 Å². The van der Waals surface area contributed by atoms with Gasteiger partial charge in [-0.15, -0.1) is 22.7 Å². The summed E-state index contributed by atoms with van der Waals surface area (Å²) in [7, 11) is 0. The Hall–Kier alpha value is -0.640. The van der Waals surface area contributed by atoms with Crippen LogP contribution in [0.3, 0.4) is 0 Å². The molecule has 96 valence electrons. The molecule has 2 aromatic rings. The molecule has 1 saturated carbocycles. The van der Waals surface area contributed by atoms with Crippen LogP contribution < -0.4 is 5.32 Å². The fourth-order valence-electron chi connectivity index (χ4n) is 2.30. The molecule has 0 aliphatic heterocycles. The van der Waals surface area contributed by atoms with Crippen LogP contribution in [0.15, 0.2) is 35.0 Å². The maximum Gasteiger partial charge on any atom is 0.0764 e. The molecule has 1 aliphatic rings.